The Morgan fingerprint density at radius 1 is 1.03 bits per heavy atom. The second kappa shape index (κ2) is 12.1. The number of rotatable bonds is 9. The molecule has 7 nitrogen and oxygen atoms in total. The van der Waals surface area contributed by atoms with Crippen molar-refractivity contribution in [1.29, 1.82) is 5.26 Å². The molecule has 0 bridgehead atoms. The lowest BCUT2D eigenvalue weighted by Crippen LogP contribution is -2.13. The summed E-state index contributed by atoms with van der Waals surface area (Å²) < 4.78 is 11.0. The minimum atomic E-state index is -0.155. The standard InChI is InChI=1S/C29H26N4O3S/c1-19-11-13-31-27(15-19)33-28(34)12-14-37-29-24(18-30)22(17-25(32-29)20-7-5-4-6-8-20)23-16-21(35-2)9-10-26(23)36-3/h4-11,13,15-17H,12,14H2,1-3H3,(H,31,33,34). The van der Waals surface area contributed by atoms with Gasteiger partial charge in [-0.2, -0.15) is 5.26 Å². The van der Waals surface area contributed by atoms with Crippen molar-refractivity contribution in [3.05, 3.63) is 84.1 Å². The number of aryl methyl sites for hydroxylation is 1. The highest BCUT2D eigenvalue weighted by Crippen LogP contribution is 2.40. The molecular weight excluding hydrogens is 484 g/mol. The maximum Gasteiger partial charge on any atom is 0.226 e. The maximum absolute atomic E-state index is 12.5. The van der Waals surface area contributed by atoms with Gasteiger partial charge in [-0.25, -0.2) is 9.97 Å². The van der Waals surface area contributed by atoms with Gasteiger partial charge < -0.3 is 14.8 Å². The van der Waals surface area contributed by atoms with Gasteiger partial charge in [0.25, 0.3) is 0 Å². The molecular formula is C29H26N4O3S. The SMILES string of the molecule is COc1ccc(OC)c(-c2cc(-c3ccccc3)nc(SCCC(=O)Nc3cc(C)ccn3)c2C#N)c1. The van der Waals surface area contributed by atoms with Crippen LogP contribution >= 0.6 is 11.8 Å². The highest BCUT2D eigenvalue weighted by molar-refractivity contribution is 7.99. The van der Waals surface area contributed by atoms with Crippen LogP contribution in [0.4, 0.5) is 5.82 Å². The average molecular weight is 511 g/mol. The first kappa shape index (κ1) is 25.7. The number of anilines is 1. The lowest BCUT2D eigenvalue weighted by atomic mass is 9.98. The minimum Gasteiger partial charge on any atom is -0.497 e. The number of amides is 1. The molecule has 37 heavy (non-hydrogen) atoms. The fraction of sp³-hybridized carbons (Fsp3) is 0.172. The molecule has 0 spiro atoms. The fourth-order valence-electron chi connectivity index (χ4n) is 3.78. The zero-order valence-electron chi connectivity index (χ0n) is 20.8. The molecule has 2 aromatic carbocycles. The van der Waals surface area contributed by atoms with E-state index in [9.17, 15) is 10.1 Å². The molecule has 0 saturated carbocycles. The molecule has 1 N–H and O–H groups in total. The summed E-state index contributed by atoms with van der Waals surface area (Å²) in [5, 5.41) is 13.5. The molecule has 2 aromatic heterocycles. The van der Waals surface area contributed by atoms with E-state index in [-0.39, 0.29) is 12.3 Å². The van der Waals surface area contributed by atoms with E-state index in [1.54, 1.807) is 20.4 Å². The first-order chi connectivity index (χ1) is 18.0. The summed E-state index contributed by atoms with van der Waals surface area (Å²) in [5.74, 6) is 2.06. The van der Waals surface area contributed by atoms with Gasteiger partial charge in [0, 0.05) is 35.1 Å². The molecule has 4 rings (SSSR count). The number of carbonyl (C=O) groups excluding carboxylic acids is 1. The molecule has 1 amide bonds. The molecule has 186 valence electrons. The molecule has 0 aliphatic rings. The third-order valence-electron chi connectivity index (χ3n) is 5.62. The van der Waals surface area contributed by atoms with Gasteiger partial charge in [-0.05, 0) is 48.9 Å². The van der Waals surface area contributed by atoms with Gasteiger partial charge in [0.15, 0.2) is 0 Å². The Kier molecular flexibility index (Phi) is 8.39. The summed E-state index contributed by atoms with van der Waals surface area (Å²) in [6.07, 6.45) is 1.90. The van der Waals surface area contributed by atoms with Crippen molar-refractivity contribution in [3.63, 3.8) is 0 Å². The number of hydrogen-bond acceptors (Lipinski definition) is 7. The quantitative estimate of drug-likeness (QED) is 0.271. The fourth-order valence-corrected chi connectivity index (χ4v) is 4.72. The van der Waals surface area contributed by atoms with Gasteiger partial charge in [-0.1, -0.05) is 30.3 Å². The van der Waals surface area contributed by atoms with Crippen LogP contribution < -0.4 is 14.8 Å². The third kappa shape index (κ3) is 6.26. The Morgan fingerprint density at radius 3 is 2.54 bits per heavy atom. The number of methoxy groups -OCH3 is 2. The highest BCUT2D eigenvalue weighted by Gasteiger charge is 2.19. The Morgan fingerprint density at radius 2 is 1.84 bits per heavy atom. The molecule has 8 heteroatoms. The molecule has 0 aliphatic heterocycles. The van der Waals surface area contributed by atoms with E-state index < -0.39 is 0 Å². The Balaban J connectivity index is 1.68. The first-order valence-electron chi connectivity index (χ1n) is 11.6. The van der Waals surface area contributed by atoms with Crippen LogP contribution in [0.25, 0.3) is 22.4 Å². The number of aromatic nitrogens is 2. The Labute approximate surface area is 220 Å². The zero-order valence-corrected chi connectivity index (χ0v) is 21.6. The van der Waals surface area contributed by atoms with E-state index in [1.165, 1.54) is 11.8 Å². The maximum atomic E-state index is 12.5. The van der Waals surface area contributed by atoms with Gasteiger partial charge in [-0.15, -0.1) is 11.8 Å². The molecule has 0 unspecified atom stereocenters. The van der Waals surface area contributed by atoms with E-state index >= 15 is 0 Å². The zero-order chi connectivity index (χ0) is 26.2. The van der Waals surface area contributed by atoms with Crippen LogP contribution in [-0.4, -0.2) is 35.8 Å². The number of thioether (sulfide) groups is 1. The van der Waals surface area contributed by atoms with Crippen molar-refractivity contribution in [3.8, 4) is 40.0 Å². The van der Waals surface area contributed by atoms with E-state index in [0.717, 1.165) is 22.4 Å². The van der Waals surface area contributed by atoms with E-state index in [4.69, 9.17) is 14.5 Å². The summed E-state index contributed by atoms with van der Waals surface area (Å²) in [5.41, 5.74) is 4.47. The number of pyridine rings is 2. The van der Waals surface area contributed by atoms with Crippen LogP contribution in [0.5, 0.6) is 11.5 Å². The average Bonchev–Trinajstić information content (AvgIpc) is 2.92. The summed E-state index contributed by atoms with van der Waals surface area (Å²) in [4.78, 5) is 21.5. The largest absolute Gasteiger partial charge is 0.497 e. The van der Waals surface area contributed by atoms with Gasteiger partial charge in [0.05, 0.1) is 25.5 Å². The topological polar surface area (TPSA) is 97.1 Å². The summed E-state index contributed by atoms with van der Waals surface area (Å²) in [6, 6.07) is 23.1. The van der Waals surface area contributed by atoms with Crippen molar-refractivity contribution in [2.75, 3.05) is 25.3 Å². The van der Waals surface area contributed by atoms with Crippen molar-refractivity contribution in [2.24, 2.45) is 0 Å². The number of carbonyl (C=O) groups is 1. The number of nitriles is 1. The smallest absolute Gasteiger partial charge is 0.226 e. The normalized spacial score (nSPS) is 10.4. The van der Waals surface area contributed by atoms with Crippen LogP contribution in [0.15, 0.2) is 78.0 Å². The molecule has 4 aromatic rings. The lowest BCUT2D eigenvalue weighted by molar-refractivity contribution is -0.115. The molecule has 2 heterocycles. The summed E-state index contributed by atoms with van der Waals surface area (Å²) >= 11 is 1.37. The van der Waals surface area contributed by atoms with E-state index in [0.29, 0.717) is 39.2 Å². The Bertz CT molecular complexity index is 1450. The predicted molar refractivity (Wildman–Crippen MR) is 146 cm³/mol. The Hall–Kier alpha value is -4.35. The van der Waals surface area contributed by atoms with Crippen LogP contribution in [0.1, 0.15) is 17.5 Å². The lowest BCUT2D eigenvalue weighted by Gasteiger charge is -2.15. The van der Waals surface area contributed by atoms with Gasteiger partial charge in [0.1, 0.15) is 28.4 Å². The van der Waals surface area contributed by atoms with Gasteiger partial charge in [0.2, 0.25) is 5.91 Å². The second-order valence-corrected chi connectivity index (χ2v) is 9.23. The molecule has 0 aliphatic carbocycles. The third-order valence-corrected chi connectivity index (χ3v) is 6.59. The van der Waals surface area contributed by atoms with Crippen LogP contribution in [0.3, 0.4) is 0 Å². The molecule has 0 saturated heterocycles. The monoisotopic (exact) mass is 510 g/mol. The number of benzene rings is 2. The minimum absolute atomic E-state index is 0.155. The predicted octanol–water partition coefficient (Wildman–Crippen LogP) is 6.13. The van der Waals surface area contributed by atoms with Crippen LogP contribution in [0.2, 0.25) is 0 Å². The molecule has 0 atom stereocenters. The van der Waals surface area contributed by atoms with Crippen LogP contribution in [0, 0.1) is 18.3 Å². The van der Waals surface area contributed by atoms with Crippen molar-refractivity contribution in [2.45, 2.75) is 18.4 Å². The molecule has 0 fully saturated rings. The van der Waals surface area contributed by atoms with Crippen molar-refractivity contribution >= 4 is 23.5 Å². The van der Waals surface area contributed by atoms with Crippen molar-refractivity contribution in [1.82, 2.24) is 9.97 Å². The number of hydrogen-bond donors (Lipinski definition) is 1. The van der Waals surface area contributed by atoms with E-state index in [2.05, 4.69) is 16.4 Å². The van der Waals surface area contributed by atoms with Gasteiger partial charge in [-0.3, -0.25) is 4.79 Å². The van der Waals surface area contributed by atoms with Crippen LogP contribution in [-0.2, 0) is 4.79 Å². The number of ether oxygens (including phenoxy) is 2. The molecule has 0 radical (unpaired) electrons. The summed E-state index contributed by atoms with van der Waals surface area (Å²) in [6.45, 7) is 1.94. The first-order valence-corrected chi connectivity index (χ1v) is 12.6. The van der Waals surface area contributed by atoms with E-state index in [1.807, 2.05) is 73.7 Å². The van der Waals surface area contributed by atoms with Gasteiger partial charge >= 0.3 is 0 Å². The van der Waals surface area contributed by atoms with Crippen molar-refractivity contribution < 1.29 is 14.3 Å². The number of nitrogens with zero attached hydrogens (tertiary/aromatic N) is 3. The number of nitrogens with one attached hydrogen (secondary N) is 1. The second-order valence-electron chi connectivity index (χ2n) is 8.14. The summed E-state index contributed by atoms with van der Waals surface area (Å²) in [7, 11) is 3.19. The highest BCUT2D eigenvalue weighted by atomic mass is 32.2.